The van der Waals surface area contributed by atoms with E-state index in [1.54, 1.807) is 54.6 Å². The summed E-state index contributed by atoms with van der Waals surface area (Å²) in [6.45, 7) is 0. The number of hydrogen-bond donors (Lipinski definition) is 0. The molecule has 4 rings (SSSR count). The average Bonchev–Trinajstić information content (AvgIpc) is 2.96. The van der Waals surface area contributed by atoms with Crippen molar-refractivity contribution in [1.29, 1.82) is 0 Å². The molecule has 1 aliphatic heterocycles. The van der Waals surface area contributed by atoms with E-state index in [1.165, 1.54) is 10.0 Å². The van der Waals surface area contributed by atoms with Crippen molar-refractivity contribution in [3.05, 3.63) is 93.4 Å². The smallest absolute Gasteiger partial charge is 0.259 e. The summed E-state index contributed by atoms with van der Waals surface area (Å²) in [5.41, 5.74) is 1.84. The number of nitrogens with zero attached hydrogens (tertiary/aromatic N) is 2. The summed E-state index contributed by atoms with van der Waals surface area (Å²) in [6, 6.07) is 20.7. The number of carbonyl (C=O) groups excluding carboxylic acids is 2. The normalized spacial score (nSPS) is 14.7. The molecule has 2 amide bonds. The van der Waals surface area contributed by atoms with E-state index in [9.17, 15) is 9.59 Å². The third-order valence-corrected chi connectivity index (χ3v) is 5.61. The van der Waals surface area contributed by atoms with Gasteiger partial charge < -0.3 is 0 Å². The molecule has 0 bridgehead atoms. The van der Waals surface area contributed by atoms with E-state index in [1.807, 2.05) is 18.2 Å². The molecule has 0 aliphatic carbocycles. The Morgan fingerprint density at radius 1 is 0.655 bits per heavy atom. The van der Waals surface area contributed by atoms with Gasteiger partial charge in [-0.1, -0.05) is 53.0 Å². The van der Waals surface area contributed by atoms with Crippen LogP contribution < -0.4 is 10.0 Å². The van der Waals surface area contributed by atoms with Crippen LogP contribution in [0.4, 0.5) is 11.4 Å². The molecule has 0 saturated carbocycles. The SMILES string of the molecule is O=C1C(Cc2ccccc2Cl)C(=O)N(c2ccc(Cl)cc2)N1c1ccc(Cl)cc1. The molecule has 1 saturated heterocycles. The van der Waals surface area contributed by atoms with E-state index in [4.69, 9.17) is 34.8 Å². The largest absolute Gasteiger partial charge is 0.272 e. The average molecular weight is 446 g/mol. The summed E-state index contributed by atoms with van der Waals surface area (Å²) in [5.74, 6) is -1.54. The van der Waals surface area contributed by atoms with E-state index in [0.29, 0.717) is 26.4 Å². The number of benzene rings is 3. The summed E-state index contributed by atoms with van der Waals surface area (Å²) < 4.78 is 0. The lowest BCUT2D eigenvalue weighted by atomic mass is 9.98. The number of halogens is 3. The van der Waals surface area contributed by atoms with Crippen molar-refractivity contribution >= 4 is 58.0 Å². The lowest BCUT2D eigenvalue weighted by molar-refractivity contribution is -0.126. The van der Waals surface area contributed by atoms with Gasteiger partial charge in [-0.3, -0.25) is 9.59 Å². The maximum atomic E-state index is 13.3. The van der Waals surface area contributed by atoms with Crippen LogP contribution in [-0.2, 0) is 16.0 Å². The molecule has 0 atom stereocenters. The zero-order valence-corrected chi connectivity index (χ0v) is 17.3. The molecule has 3 aromatic carbocycles. The predicted molar refractivity (Wildman–Crippen MR) is 117 cm³/mol. The van der Waals surface area contributed by atoms with Gasteiger partial charge >= 0.3 is 0 Å². The van der Waals surface area contributed by atoms with Crippen molar-refractivity contribution < 1.29 is 9.59 Å². The molecule has 0 aromatic heterocycles. The lowest BCUT2D eigenvalue weighted by Crippen LogP contribution is -2.41. The zero-order valence-electron chi connectivity index (χ0n) is 15.1. The van der Waals surface area contributed by atoms with Gasteiger partial charge in [0.15, 0.2) is 0 Å². The van der Waals surface area contributed by atoms with Gasteiger partial charge in [0.1, 0.15) is 5.92 Å². The van der Waals surface area contributed by atoms with Crippen LogP contribution in [0.25, 0.3) is 0 Å². The molecule has 146 valence electrons. The van der Waals surface area contributed by atoms with Crippen LogP contribution in [0, 0.1) is 5.92 Å². The molecular formula is C22H15Cl3N2O2. The van der Waals surface area contributed by atoms with Gasteiger partial charge in [0.25, 0.3) is 11.8 Å². The maximum Gasteiger partial charge on any atom is 0.259 e. The van der Waals surface area contributed by atoms with Crippen molar-refractivity contribution in [3.63, 3.8) is 0 Å². The van der Waals surface area contributed by atoms with Gasteiger partial charge in [-0.25, -0.2) is 10.0 Å². The first-order valence-corrected chi connectivity index (χ1v) is 10.0. The Labute approximate surface area is 183 Å². The fourth-order valence-electron chi connectivity index (χ4n) is 3.31. The Balaban J connectivity index is 1.77. The summed E-state index contributed by atoms with van der Waals surface area (Å²) in [5, 5.41) is 4.36. The number of hydrogen-bond acceptors (Lipinski definition) is 2. The molecule has 0 N–H and O–H groups in total. The standard InChI is InChI=1S/C22H15Cl3N2O2/c23-15-5-9-17(10-6-15)26-21(28)19(13-14-3-1-2-4-20(14)25)22(29)27(26)18-11-7-16(24)8-12-18/h1-12,19H,13H2. The highest BCUT2D eigenvalue weighted by atomic mass is 35.5. The van der Waals surface area contributed by atoms with E-state index in [2.05, 4.69) is 0 Å². The number of carbonyl (C=O) groups is 2. The van der Waals surface area contributed by atoms with E-state index in [-0.39, 0.29) is 18.2 Å². The van der Waals surface area contributed by atoms with Crippen LogP contribution in [-0.4, -0.2) is 11.8 Å². The molecule has 4 nitrogen and oxygen atoms in total. The minimum atomic E-state index is -0.888. The van der Waals surface area contributed by atoms with Crippen molar-refractivity contribution in [3.8, 4) is 0 Å². The van der Waals surface area contributed by atoms with Crippen LogP contribution in [0.5, 0.6) is 0 Å². The number of rotatable bonds is 4. The first kappa shape index (κ1) is 19.8. The lowest BCUT2D eigenvalue weighted by Gasteiger charge is -2.27. The van der Waals surface area contributed by atoms with Crippen LogP contribution in [0.2, 0.25) is 15.1 Å². The molecule has 0 spiro atoms. The highest BCUT2D eigenvalue weighted by Gasteiger charge is 2.47. The van der Waals surface area contributed by atoms with E-state index < -0.39 is 5.92 Å². The third-order valence-electron chi connectivity index (χ3n) is 4.74. The van der Waals surface area contributed by atoms with Crippen LogP contribution in [0.1, 0.15) is 5.56 Å². The van der Waals surface area contributed by atoms with Crippen LogP contribution >= 0.6 is 34.8 Å². The van der Waals surface area contributed by atoms with Crippen molar-refractivity contribution in [2.75, 3.05) is 10.0 Å². The second-order valence-corrected chi connectivity index (χ2v) is 7.88. The minimum absolute atomic E-state index is 0.214. The Hall–Kier alpha value is -2.53. The summed E-state index contributed by atoms with van der Waals surface area (Å²) >= 11 is 18.2. The maximum absolute atomic E-state index is 13.3. The molecule has 1 heterocycles. The third kappa shape index (κ3) is 3.84. The second-order valence-electron chi connectivity index (χ2n) is 6.60. The molecular weight excluding hydrogens is 431 g/mol. The van der Waals surface area contributed by atoms with Gasteiger partial charge in [-0.05, 0) is 66.6 Å². The van der Waals surface area contributed by atoms with E-state index in [0.717, 1.165) is 5.56 Å². The van der Waals surface area contributed by atoms with Gasteiger partial charge in [0.2, 0.25) is 0 Å². The van der Waals surface area contributed by atoms with Crippen molar-refractivity contribution in [1.82, 2.24) is 0 Å². The Kier molecular flexibility index (Phi) is 5.50. The Morgan fingerprint density at radius 2 is 1.10 bits per heavy atom. The first-order valence-electron chi connectivity index (χ1n) is 8.88. The number of hydrazine groups is 1. The van der Waals surface area contributed by atoms with Gasteiger partial charge in [-0.2, -0.15) is 0 Å². The molecule has 29 heavy (non-hydrogen) atoms. The summed E-state index contributed by atoms with van der Waals surface area (Å²) in [6.07, 6.45) is 0.214. The molecule has 7 heteroatoms. The van der Waals surface area contributed by atoms with Gasteiger partial charge in [0, 0.05) is 15.1 Å². The summed E-state index contributed by atoms with van der Waals surface area (Å²) in [4.78, 5) is 26.7. The van der Waals surface area contributed by atoms with E-state index >= 15 is 0 Å². The Morgan fingerprint density at radius 3 is 1.55 bits per heavy atom. The van der Waals surface area contributed by atoms with Crippen LogP contribution in [0.3, 0.4) is 0 Å². The quantitative estimate of drug-likeness (QED) is 0.476. The number of amides is 2. The van der Waals surface area contributed by atoms with Gasteiger partial charge in [0.05, 0.1) is 11.4 Å². The van der Waals surface area contributed by atoms with Crippen molar-refractivity contribution in [2.45, 2.75) is 6.42 Å². The monoisotopic (exact) mass is 444 g/mol. The molecule has 1 aliphatic rings. The highest BCUT2D eigenvalue weighted by Crippen LogP contribution is 2.35. The fraction of sp³-hybridized carbons (Fsp3) is 0.0909. The highest BCUT2D eigenvalue weighted by molar-refractivity contribution is 6.32. The summed E-state index contributed by atoms with van der Waals surface area (Å²) in [7, 11) is 0. The first-order chi connectivity index (χ1) is 14.0. The molecule has 1 fully saturated rings. The van der Waals surface area contributed by atoms with Crippen LogP contribution in [0.15, 0.2) is 72.8 Å². The predicted octanol–water partition coefficient (Wildman–Crippen LogP) is 5.80. The zero-order chi connectivity index (χ0) is 20.5. The van der Waals surface area contributed by atoms with Crippen molar-refractivity contribution in [2.24, 2.45) is 5.92 Å². The molecule has 0 radical (unpaired) electrons. The molecule has 3 aromatic rings. The molecule has 0 unspecified atom stereocenters. The van der Waals surface area contributed by atoms with Gasteiger partial charge in [-0.15, -0.1) is 0 Å². The second kappa shape index (κ2) is 8.07. The Bertz CT molecular complexity index is 1000. The number of anilines is 2. The topological polar surface area (TPSA) is 40.6 Å². The fourth-order valence-corrected chi connectivity index (χ4v) is 3.77. The minimum Gasteiger partial charge on any atom is -0.272 e.